The van der Waals surface area contributed by atoms with E-state index in [1.165, 1.54) is 23.4 Å². The van der Waals surface area contributed by atoms with E-state index in [2.05, 4.69) is 5.32 Å². The molecule has 22 heavy (non-hydrogen) atoms. The number of nitrogens with zero attached hydrogens (tertiary/aromatic N) is 1. The fraction of sp³-hybridized carbons (Fsp3) is 0.533. The van der Waals surface area contributed by atoms with Crippen molar-refractivity contribution in [3.05, 3.63) is 24.3 Å². The summed E-state index contributed by atoms with van der Waals surface area (Å²) in [6.07, 6.45) is 0.896. The van der Waals surface area contributed by atoms with Gasteiger partial charge >= 0.3 is 0 Å². The van der Waals surface area contributed by atoms with E-state index in [1.807, 2.05) is 6.92 Å². The summed E-state index contributed by atoms with van der Waals surface area (Å²) in [5, 5.41) is 2.62. The number of carbonyl (C=O) groups is 1. The van der Waals surface area contributed by atoms with Crippen LogP contribution in [0, 0.1) is 5.92 Å². The van der Waals surface area contributed by atoms with Crippen molar-refractivity contribution in [3.63, 3.8) is 0 Å². The zero-order chi connectivity index (χ0) is 16.2. The van der Waals surface area contributed by atoms with E-state index in [-0.39, 0.29) is 16.7 Å². The van der Waals surface area contributed by atoms with Gasteiger partial charge in [-0.3, -0.25) is 4.79 Å². The Kier molecular flexibility index (Phi) is 5.55. The molecule has 1 saturated heterocycles. The predicted octanol–water partition coefficient (Wildman–Crippen LogP) is 1.69. The first-order valence-corrected chi connectivity index (χ1v) is 8.83. The van der Waals surface area contributed by atoms with Gasteiger partial charge in [0, 0.05) is 32.3 Å². The highest BCUT2D eigenvalue weighted by Crippen LogP contribution is 2.22. The van der Waals surface area contributed by atoms with Crippen LogP contribution < -0.4 is 5.32 Å². The van der Waals surface area contributed by atoms with Crippen molar-refractivity contribution in [1.82, 2.24) is 4.31 Å². The lowest BCUT2D eigenvalue weighted by Crippen LogP contribution is -2.35. The molecule has 6 nitrogen and oxygen atoms in total. The normalized spacial score (nSPS) is 18.6. The van der Waals surface area contributed by atoms with Gasteiger partial charge in [0.05, 0.1) is 11.5 Å². The van der Waals surface area contributed by atoms with Crippen molar-refractivity contribution in [3.8, 4) is 0 Å². The standard InChI is InChI=1S/C15H22N2O4S/c1-3-17(10-13-8-9-21-11-13)22(19,20)15-6-4-14(5-7-15)16-12(2)18/h4-7,13H,3,8-11H2,1-2H3,(H,16,18). The molecule has 1 heterocycles. The summed E-state index contributed by atoms with van der Waals surface area (Å²) in [4.78, 5) is 11.2. The van der Waals surface area contributed by atoms with Gasteiger partial charge in [-0.2, -0.15) is 4.31 Å². The summed E-state index contributed by atoms with van der Waals surface area (Å²) >= 11 is 0. The fourth-order valence-electron chi connectivity index (χ4n) is 2.48. The van der Waals surface area contributed by atoms with Gasteiger partial charge < -0.3 is 10.1 Å². The number of carbonyl (C=O) groups excluding carboxylic acids is 1. The Labute approximate surface area is 131 Å². The molecule has 7 heteroatoms. The Hall–Kier alpha value is -1.44. The molecule has 1 aromatic carbocycles. The molecule has 1 aliphatic heterocycles. The van der Waals surface area contributed by atoms with Crippen molar-refractivity contribution >= 4 is 21.6 Å². The molecule has 2 rings (SSSR count). The minimum Gasteiger partial charge on any atom is -0.381 e. The molecule has 122 valence electrons. The first kappa shape index (κ1) is 16.9. The average Bonchev–Trinajstić information content (AvgIpc) is 2.97. The van der Waals surface area contributed by atoms with Gasteiger partial charge in [0.15, 0.2) is 0 Å². The SMILES string of the molecule is CCN(CC1CCOC1)S(=O)(=O)c1ccc(NC(C)=O)cc1. The summed E-state index contributed by atoms with van der Waals surface area (Å²) < 4.78 is 32.2. The van der Waals surface area contributed by atoms with Gasteiger partial charge in [0.25, 0.3) is 0 Å². The number of sulfonamides is 1. The summed E-state index contributed by atoms with van der Waals surface area (Å²) in [6, 6.07) is 6.24. The Bertz CT molecular complexity index is 607. The summed E-state index contributed by atoms with van der Waals surface area (Å²) in [7, 11) is -3.52. The molecular formula is C15H22N2O4S. The molecule has 1 unspecified atom stereocenters. The van der Waals surface area contributed by atoms with Crippen LogP contribution in [0.15, 0.2) is 29.2 Å². The van der Waals surface area contributed by atoms with E-state index in [1.54, 1.807) is 12.1 Å². The monoisotopic (exact) mass is 326 g/mol. The molecular weight excluding hydrogens is 304 g/mol. The second-order valence-electron chi connectivity index (χ2n) is 5.39. The molecule has 1 fully saturated rings. The van der Waals surface area contributed by atoms with Gasteiger partial charge in [-0.15, -0.1) is 0 Å². The van der Waals surface area contributed by atoms with E-state index >= 15 is 0 Å². The van der Waals surface area contributed by atoms with Crippen molar-refractivity contribution in [2.24, 2.45) is 5.92 Å². The Morgan fingerprint density at radius 3 is 2.55 bits per heavy atom. The topological polar surface area (TPSA) is 75.7 Å². The summed E-state index contributed by atoms with van der Waals surface area (Å²) in [5.41, 5.74) is 0.582. The third-order valence-electron chi connectivity index (χ3n) is 3.65. The lowest BCUT2D eigenvalue weighted by atomic mass is 10.1. The van der Waals surface area contributed by atoms with Crippen LogP contribution in [0.5, 0.6) is 0 Å². The van der Waals surface area contributed by atoms with Crippen LogP contribution >= 0.6 is 0 Å². The van der Waals surface area contributed by atoms with E-state index in [0.717, 1.165) is 6.42 Å². The van der Waals surface area contributed by atoms with Gasteiger partial charge in [-0.1, -0.05) is 6.92 Å². The first-order chi connectivity index (χ1) is 10.4. The van der Waals surface area contributed by atoms with Crippen LogP contribution in [0.3, 0.4) is 0 Å². The maximum absolute atomic E-state index is 12.7. The average molecular weight is 326 g/mol. The molecule has 0 saturated carbocycles. The highest BCUT2D eigenvalue weighted by atomic mass is 32.2. The number of rotatable bonds is 6. The molecule has 1 aromatic rings. The minimum absolute atomic E-state index is 0.188. The first-order valence-electron chi connectivity index (χ1n) is 7.39. The molecule has 1 atom stereocenters. The number of benzene rings is 1. The summed E-state index contributed by atoms with van der Waals surface area (Å²) in [6.45, 7) is 5.46. The van der Waals surface area contributed by atoms with Crippen LogP contribution in [0.25, 0.3) is 0 Å². The third kappa shape index (κ3) is 4.06. The van der Waals surface area contributed by atoms with E-state index in [9.17, 15) is 13.2 Å². The second-order valence-corrected chi connectivity index (χ2v) is 7.33. The number of nitrogens with one attached hydrogen (secondary N) is 1. The predicted molar refractivity (Wildman–Crippen MR) is 84.1 cm³/mol. The lowest BCUT2D eigenvalue weighted by Gasteiger charge is -2.23. The smallest absolute Gasteiger partial charge is 0.243 e. The van der Waals surface area contributed by atoms with Gasteiger partial charge in [0.1, 0.15) is 0 Å². The molecule has 1 amide bonds. The lowest BCUT2D eigenvalue weighted by molar-refractivity contribution is -0.114. The zero-order valence-corrected chi connectivity index (χ0v) is 13.7. The Balaban J connectivity index is 2.14. The Morgan fingerprint density at radius 2 is 2.05 bits per heavy atom. The van der Waals surface area contributed by atoms with Crippen LogP contribution in [0.4, 0.5) is 5.69 Å². The zero-order valence-electron chi connectivity index (χ0n) is 12.9. The second kappa shape index (κ2) is 7.21. The number of hydrogen-bond donors (Lipinski definition) is 1. The van der Waals surface area contributed by atoms with Gasteiger partial charge in [-0.25, -0.2) is 8.42 Å². The molecule has 0 aromatic heterocycles. The van der Waals surface area contributed by atoms with Gasteiger partial charge in [0.2, 0.25) is 15.9 Å². The van der Waals surface area contributed by atoms with Crippen molar-refractivity contribution in [2.75, 3.05) is 31.6 Å². The molecule has 0 aliphatic carbocycles. The van der Waals surface area contributed by atoms with Crippen LogP contribution in [0.2, 0.25) is 0 Å². The van der Waals surface area contributed by atoms with E-state index in [0.29, 0.717) is 32.0 Å². The maximum Gasteiger partial charge on any atom is 0.243 e. The van der Waals surface area contributed by atoms with Crippen LogP contribution in [-0.2, 0) is 19.6 Å². The van der Waals surface area contributed by atoms with Crippen LogP contribution in [-0.4, -0.2) is 44.9 Å². The van der Waals surface area contributed by atoms with Crippen LogP contribution in [0.1, 0.15) is 20.3 Å². The minimum atomic E-state index is -3.52. The molecule has 0 spiro atoms. The van der Waals surface area contributed by atoms with Crippen molar-refractivity contribution < 1.29 is 17.9 Å². The summed E-state index contributed by atoms with van der Waals surface area (Å²) in [5.74, 6) is 0.0698. The Morgan fingerprint density at radius 1 is 1.36 bits per heavy atom. The highest BCUT2D eigenvalue weighted by molar-refractivity contribution is 7.89. The molecule has 1 N–H and O–H groups in total. The number of ether oxygens (including phenoxy) is 1. The largest absolute Gasteiger partial charge is 0.381 e. The van der Waals surface area contributed by atoms with E-state index < -0.39 is 10.0 Å². The van der Waals surface area contributed by atoms with Crippen molar-refractivity contribution in [2.45, 2.75) is 25.2 Å². The quantitative estimate of drug-likeness (QED) is 0.863. The van der Waals surface area contributed by atoms with Crippen molar-refractivity contribution in [1.29, 1.82) is 0 Å². The molecule has 1 aliphatic rings. The maximum atomic E-state index is 12.7. The number of amides is 1. The fourth-order valence-corrected chi connectivity index (χ4v) is 4.00. The third-order valence-corrected chi connectivity index (χ3v) is 5.61. The molecule has 0 bridgehead atoms. The molecule has 0 radical (unpaired) electrons. The van der Waals surface area contributed by atoms with E-state index in [4.69, 9.17) is 4.74 Å². The highest BCUT2D eigenvalue weighted by Gasteiger charge is 2.27. The number of hydrogen-bond acceptors (Lipinski definition) is 4. The number of anilines is 1. The van der Waals surface area contributed by atoms with Gasteiger partial charge in [-0.05, 0) is 36.6 Å².